The third-order valence-electron chi connectivity index (χ3n) is 4.34. The van der Waals surface area contributed by atoms with Crippen molar-refractivity contribution >= 4 is 16.9 Å². The zero-order valence-corrected chi connectivity index (χ0v) is 12.8. The minimum absolute atomic E-state index is 0.00343. The smallest absolute Gasteiger partial charge is 0.209 e. The van der Waals surface area contributed by atoms with E-state index in [1.54, 1.807) is 12.3 Å². The number of pyridine rings is 1. The molecule has 0 radical (unpaired) electrons. The SMILES string of the molecule is Cc1ccc(C(=O)C2(On3nnc4ncccc43)CCC2)cc1. The highest BCUT2D eigenvalue weighted by Gasteiger charge is 2.48. The van der Waals surface area contributed by atoms with Gasteiger partial charge in [0, 0.05) is 11.8 Å². The molecule has 4 rings (SSSR count). The monoisotopic (exact) mass is 308 g/mol. The lowest BCUT2D eigenvalue weighted by atomic mass is 9.75. The molecule has 0 saturated heterocycles. The topological polar surface area (TPSA) is 69.9 Å². The number of fused-ring (bicyclic) bond motifs is 1. The normalized spacial score (nSPS) is 16.0. The number of ketones is 1. The van der Waals surface area contributed by atoms with Gasteiger partial charge in [-0.2, -0.15) is 0 Å². The fourth-order valence-corrected chi connectivity index (χ4v) is 2.80. The van der Waals surface area contributed by atoms with E-state index in [0.717, 1.165) is 12.0 Å². The molecule has 116 valence electrons. The molecule has 1 saturated carbocycles. The third kappa shape index (κ3) is 2.27. The van der Waals surface area contributed by atoms with Crippen molar-refractivity contribution in [2.75, 3.05) is 0 Å². The van der Waals surface area contributed by atoms with Crippen molar-refractivity contribution in [2.45, 2.75) is 31.8 Å². The Balaban J connectivity index is 1.67. The van der Waals surface area contributed by atoms with Gasteiger partial charge in [0.25, 0.3) is 0 Å². The molecule has 0 unspecified atom stereocenters. The maximum Gasteiger partial charge on any atom is 0.209 e. The Morgan fingerprint density at radius 1 is 1.22 bits per heavy atom. The van der Waals surface area contributed by atoms with Gasteiger partial charge < -0.3 is 4.84 Å². The van der Waals surface area contributed by atoms with Crippen molar-refractivity contribution in [3.8, 4) is 0 Å². The molecule has 0 amide bonds. The van der Waals surface area contributed by atoms with Crippen LogP contribution in [-0.2, 0) is 0 Å². The van der Waals surface area contributed by atoms with E-state index >= 15 is 0 Å². The third-order valence-corrected chi connectivity index (χ3v) is 4.34. The van der Waals surface area contributed by atoms with Crippen molar-refractivity contribution < 1.29 is 9.63 Å². The maximum atomic E-state index is 12.9. The first-order valence-corrected chi connectivity index (χ1v) is 7.65. The lowest BCUT2D eigenvalue weighted by Crippen LogP contribution is -2.54. The van der Waals surface area contributed by atoms with Gasteiger partial charge in [-0.15, -0.1) is 5.10 Å². The average molecular weight is 308 g/mol. The van der Waals surface area contributed by atoms with Crippen molar-refractivity contribution in [3.05, 3.63) is 53.7 Å². The predicted molar refractivity (Wildman–Crippen MR) is 84.0 cm³/mol. The Bertz CT molecular complexity index is 866. The summed E-state index contributed by atoms with van der Waals surface area (Å²) in [7, 11) is 0. The van der Waals surface area contributed by atoms with Gasteiger partial charge in [-0.1, -0.05) is 34.7 Å². The molecule has 0 atom stereocenters. The Morgan fingerprint density at radius 2 is 2.00 bits per heavy atom. The Kier molecular flexibility index (Phi) is 3.11. The van der Waals surface area contributed by atoms with Crippen molar-refractivity contribution in [1.82, 2.24) is 20.1 Å². The number of hydrogen-bond donors (Lipinski definition) is 0. The van der Waals surface area contributed by atoms with Crippen LogP contribution < -0.4 is 4.84 Å². The van der Waals surface area contributed by atoms with E-state index in [4.69, 9.17) is 4.84 Å². The van der Waals surface area contributed by atoms with Crippen LogP contribution in [0.4, 0.5) is 0 Å². The van der Waals surface area contributed by atoms with Crippen LogP contribution in [0.2, 0.25) is 0 Å². The molecule has 0 N–H and O–H groups in total. The van der Waals surface area contributed by atoms with Crippen LogP contribution in [0.15, 0.2) is 42.6 Å². The van der Waals surface area contributed by atoms with Crippen LogP contribution in [0.1, 0.15) is 35.2 Å². The number of rotatable bonds is 4. The van der Waals surface area contributed by atoms with Gasteiger partial charge in [0.2, 0.25) is 11.4 Å². The summed E-state index contributed by atoms with van der Waals surface area (Å²) >= 11 is 0. The molecule has 2 heterocycles. The summed E-state index contributed by atoms with van der Waals surface area (Å²) in [5, 5.41) is 7.95. The summed E-state index contributed by atoms with van der Waals surface area (Å²) in [5.41, 5.74) is 2.10. The van der Waals surface area contributed by atoms with Gasteiger partial charge in [0.05, 0.1) is 0 Å². The fourth-order valence-electron chi connectivity index (χ4n) is 2.80. The zero-order chi connectivity index (χ0) is 15.9. The molecule has 6 nitrogen and oxygen atoms in total. The van der Waals surface area contributed by atoms with Gasteiger partial charge in [-0.25, -0.2) is 4.98 Å². The highest BCUT2D eigenvalue weighted by molar-refractivity contribution is 6.03. The van der Waals surface area contributed by atoms with E-state index in [2.05, 4.69) is 15.3 Å². The molecule has 0 spiro atoms. The lowest BCUT2D eigenvalue weighted by Gasteiger charge is -2.38. The van der Waals surface area contributed by atoms with Gasteiger partial charge in [-0.05, 0) is 43.5 Å². The minimum atomic E-state index is -0.855. The van der Waals surface area contributed by atoms with E-state index in [-0.39, 0.29) is 5.78 Å². The molecule has 3 aromatic rings. The molecule has 1 aromatic carbocycles. The van der Waals surface area contributed by atoms with Crippen LogP contribution in [0.25, 0.3) is 11.2 Å². The Labute approximate surface area is 133 Å². The number of benzene rings is 1. The van der Waals surface area contributed by atoms with Crippen LogP contribution >= 0.6 is 0 Å². The average Bonchev–Trinajstić information content (AvgIpc) is 2.94. The van der Waals surface area contributed by atoms with Crippen LogP contribution in [0, 0.1) is 6.92 Å². The minimum Gasteiger partial charge on any atom is -0.380 e. The standard InChI is InChI=1S/C17H16N4O2/c1-12-5-7-13(8-6-12)15(22)17(9-3-10-17)23-21-14-4-2-11-18-16(14)19-20-21/h2,4-8,11H,3,9-10H2,1H3. The maximum absolute atomic E-state index is 12.9. The first kappa shape index (κ1) is 13.9. The number of carbonyl (C=O) groups excluding carboxylic acids is 1. The van der Waals surface area contributed by atoms with E-state index in [9.17, 15) is 4.79 Å². The second kappa shape index (κ2) is 5.15. The largest absolute Gasteiger partial charge is 0.380 e. The Morgan fingerprint density at radius 3 is 2.70 bits per heavy atom. The van der Waals surface area contributed by atoms with Gasteiger partial charge in [-0.3, -0.25) is 4.79 Å². The van der Waals surface area contributed by atoms with Crippen molar-refractivity contribution in [2.24, 2.45) is 0 Å². The first-order chi connectivity index (χ1) is 11.2. The number of hydrogen-bond acceptors (Lipinski definition) is 5. The highest BCUT2D eigenvalue weighted by atomic mass is 16.7. The summed E-state index contributed by atoms with van der Waals surface area (Å²) < 4.78 is 0. The predicted octanol–water partition coefficient (Wildman–Crippen LogP) is 2.37. The summed E-state index contributed by atoms with van der Waals surface area (Å²) in [5.74, 6) is -0.00343. The fraction of sp³-hybridized carbons (Fsp3) is 0.294. The van der Waals surface area contributed by atoms with E-state index in [1.807, 2.05) is 37.3 Å². The number of aromatic nitrogens is 4. The molecule has 1 aliphatic carbocycles. The second-order valence-corrected chi connectivity index (χ2v) is 5.94. The number of Topliss-reactive ketones (excluding diaryl/α,β-unsaturated/α-hetero) is 1. The second-order valence-electron chi connectivity index (χ2n) is 5.94. The van der Waals surface area contributed by atoms with E-state index < -0.39 is 5.60 Å². The highest BCUT2D eigenvalue weighted by Crippen LogP contribution is 2.36. The van der Waals surface area contributed by atoms with E-state index in [1.165, 1.54) is 4.85 Å². The van der Waals surface area contributed by atoms with Gasteiger partial charge in [0.15, 0.2) is 5.60 Å². The molecule has 0 aliphatic heterocycles. The van der Waals surface area contributed by atoms with E-state index in [0.29, 0.717) is 29.6 Å². The molecule has 1 fully saturated rings. The van der Waals surface area contributed by atoms with Crippen LogP contribution in [-0.4, -0.2) is 31.5 Å². The lowest BCUT2D eigenvalue weighted by molar-refractivity contribution is -0.0865. The summed E-state index contributed by atoms with van der Waals surface area (Å²) in [6, 6.07) is 11.2. The van der Waals surface area contributed by atoms with Crippen LogP contribution in [0.5, 0.6) is 0 Å². The summed E-state index contributed by atoms with van der Waals surface area (Å²) in [4.78, 5) is 24.4. The molecule has 0 bridgehead atoms. The Hall–Kier alpha value is -2.76. The summed E-state index contributed by atoms with van der Waals surface area (Å²) in [6.07, 6.45) is 3.98. The van der Waals surface area contributed by atoms with Crippen LogP contribution in [0.3, 0.4) is 0 Å². The molecule has 1 aliphatic rings. The zero-order valence-electron chi connectivity index (χ0n) is 12.8. The molecular formula is C17H16N4O2. The van der Waals surface area contributed by atoms with Crippen molar-refractivity contribution in [3.63, 3.8) is 0 Å². The van der Waals surface area contributed by atoms with Gasteiger partial charge in [0.1, 0.15) is 5.52 Å². The summed E-state index contributed by atoms with van der Waals surface area (Å²) in [6.45, 7) is 2.00. The van der Waals surface area contributed by atoms with Crippen molar-refractivity contribution in [1.29, 1.82) is 0 Å². The molecular weight excluding hydrogens is 292 g/mol. The molecule has 2 aromatic heterocycles. The number of nitrogens with zero attached hydrogens (tertiary/aromatic N) is 4. The number of aryl methyl sites for hydroxylation is 1. The number of carbonyl (C=O) groups is 1. The quantitative estimate of drug-likeness (QED) is 0.692. The molecule has 23 heavy (non-hydrogen) atoms. The first-order valence-electron chi connectivity index (χ1n) is 7.65. The molecule has 6 heteroatoms. The van der Waals surface area contributed by atoms with Gasteiger partial charge >= 0.3 is 0 Å².